The second kappa shape index (κ2) is 5.42. The maximum atomic E-state index is 6.10. The van der Waals surface area contributed by atoms with E-state index in [0.29, 0.717) is 0 Å². The molecule has 2 aliphatic rings. The minimum Gasteiger partial charge on any atom is -0.371 e. The lowest BCUT2D eigenvalue weighted by atomic mass is 10.1. The minimum atomic E-state index is 0.839. The summed E-state index contributed by atoms with van der Waals surface area (Å²) in [5, 5.41) is 1.72. The monoisotopic (exact) mass is 327 g/mol. The van der Waals surface area contributed by atoms with Crippen molar-refractivity contribution in [2.75, 3.05) is 18.0 Å². The summed E-state index contributed by atoms with van der Waals surface area (Å²) in [7, 11) is 0. The number of rotatable bonds is 6. The molecule has 2 aliphatic carbocycles. The number of nitrogens with zero attached hydrogens (tertiary/aromatic N) is 1. The molecule has 1 aromatic carbocycles. The van der Waals surface area contributed by atoms with E-state index in [9.17, 15) is 0 Å². The van der Waals surface area contributed by atoms with Crippen molar-refractivity contribution in [2.24, 2.45) is 11.8 Å². The van der Waals surface area contributed by atoms with Crippen LogP contribution in [0.25, 0.3) is 0 Å². The van der Waals surface area contributed by atoms with Crippen LogP contribution in [0.1, 0.15) is 31.2 Å². The van der Waals surface area contributed by atoms with Gasteiger partial charge in [-0.1, -0.05) is 27.5 Å². The Hall–Kier alpha value is -0.210. The van der Waals surface area contributed by atoms with E-state index in [0.717, 1.165) is 22.2 Å². The van der Waals surface area contributed by atoms with Crippen molar-refractivity contribution < 1.29 is 0 Å². The zero-order chi connectivity index (χ0) is 12.5. The van der Waals surface area contributed by atoms with Gasteiger partial charge in [-0.15, -0.1) is 0 Å². The maximum Gasteiger partial charge on any atom is 0.0410 e. The fraction of sp³-hybridized carbons (Fsp3) is 0.600. The van der Waals surface area contributed by atoms with E-state index in [-0.39, 0.29) is 0 Å². The van der Waals surface area contributed by atoms with Gasteiger partial charge >= 0.3 is 0 Å². The third-order valence-corrected chi connectivity index (χ3v) is 4.72. The molecule has 0 spiro atoms. The molecule has 0 radical (unpaired) electrons. The Morgan fingerprint density at radius 3 is 2.22 bits per heavy atom. The summed E-state index contributed by atoms with van der Waals surface area (Å²) in [6.45, 7) is 2.47. The summed E-state index contributed by atoms with van der Waals surface area (Å²) in [5.41, 5.74) is 2.71. The van der Waals surface area contributed by atoms with E-state index in [1.165, 1.54) is 50.0 Å². The molecule has 1 nitrogen and oxygen atoms in total. The van der Waals surface area contributed by atoms with Crippen LogP contribution in [0.3, 0.4) is 0 Å². The van der Waals surface area contributed by atoms with Gasteiger partial charge in [0, 0.05) is 29.1 Å². The molecule has 0 aliphatic heterocycles. The van der Waals surface area contributed by atoms with Gasteiger partial charge in [-0.25, -0.2) is 0 Å². The highest BCUT2D eigenvalue weighted by Crippen LogP contribution is 2.37. The highest BCUT2D eigenvalue weighted by Gasteiger charge is 2.30. The fourth-order valence-electron chi connectivity index (χ4n) is 2.47. The average Bonchev–Trinajstić information content (AvgIpc) is 3.23. The highest BCUT2D eigenvalue weighted by atomic mass is 79.9. The molecule has 0 aromatic heterocycles. The first-order chi connectivity index (χ1) is 8.76. The van der Waals surface area contributed by atoms with Crippen LogP contribution in [0, 0.1) is 11.8 Å². The van der Waals surface area contributed by atoms with Crippen LogP contribution in [0.5, 0.6) is 0 Å². The topological polar surface area (TPSA) is 3.24 Å². The molecule has 0 amide bonds. The van der Waals surface area contributed by atoms with Gasteiger partial charge in [0.25, 0.3) is 0 Å². The minimum absolute atomic E-state index is 0.839. The van der Waals surface area contributed by atoms with E-state index in [4.69, 9.17) is 11.6 Å². The number of halogens is 2. The van der Waals surface area contributed by atoms with Crippen molar-refractivity contribution in [1.29, 1.82) is 0 Å². The summed E-state index contributed by atoms with van der Waals surface area (Å²) in [4.78, 5) is 2.60. The standard InChI is InChI=1S/C15H19BrClN/c16-8-13-7-14(17)5-6-15(13)18(9-11-1-2-11)10-12-3-4-12/h5-7,11-12H,1-4,8-10H2. The van der Waals surface area contributed by atoms with Gasteiger partial charge in [0.15, 0.2) is 0 Å². The molecule has 1 aromatic rings. The summed E-state index contributed by atoms with van der Waals surface area (Å²) in [5.74, 6) is 1.87. The molecule has 18 heavy (non-hydrogen) atoms. The Balaban J connectivity index is 1.81. The Bertz CT molecular complexity index is 413. The van der Waals surface area contributed by atoms with Gasteiger partial charge < -0.3 is 4.90 Å². The molecule has 2 fully saturated rings. The molecular weight excluding hydrogens is 310 g/mol. The zero-order valence-corrected chi connectivity index (χ0v) is 12.9. The Labute approximate surface area is 123 Å². The quantitative estimate of drug-likeness (QED) is 0.674. The number of benzene rings is 1. The van der Waals surface area contributed by atoms with Crippen molar-refractivity contribution in [3.63, 3.8) is 0 Å². The number of hydrogen-bond acceptors (Lipinski definition) is 1. The predicted molar refractivity (Wildman–Crippen MR) is 81.7 cm³/mol. The number of hydrogen-bond donors (Lipinski definition) is 0. The lowest BCUT2D eigenvalue weighted by molar-refractivity contribution is 0.678. The Kier molecular flexibility index (Phi) is 3.86. The first-order valence-corrected chi connectivity index (χ1v) is 8.35. The molecule has 0 atom stereocenters. The first-order valence-electron chi connectivity index (χ1n) is 6.85. The summed E-state index contributed by atoms with van der Waals surface area (Å²) in [6, 6.07) is 6.32. The summed E-state index contributed by atoms with van der Waals surface area (Å²) >= 11 is 9.69. The van der Waals surface area contributed by atoms with E-state index in [1.54, 1.807) is 0 Å². The second-order valence-electron chi connectivity index (χ2n) is 5.70. The predicted octanol–water partition coefficient (Wildman–Crippen LogP) is 4.86. The van der Waals surface area contributed by atoms with Gasteiger partial charge in [0.1, 0.15) is 0 Å². The van der Waals surface area contributed by atoms with Gasteiger partial charge in [0.05, 0.1) is 0 Å². The maximum absolute atomic E-state index is 6.10. The number of anilines is 1. The zero-order valence-electron chi connectivity index (χ0n) is 10.5. The van der Waals surface area contributed by atoms with Gasteiger partial charge in [0.2, 0.25) is 0 Å². The summed E-state index contributed by atoms with van der Waals surface area (Å²) in [6.07, 6.45) is 5.66. The third kappa shape index (κ3) is 3.21. The lowest BCUT2D eigenvalue weighted by Gasteiger charge is -2.27. The van der Waals surface area contributed by atoms with Crippen LogP contribution in [0.15, 0.2) is 18.2 Å². The van der Waals surface area contributed by atoms with Crippen molar-refractivity contribution >= 4 is 33.2 Å². The van der Waals surface area contributed by atoms with E-state index < -0.39 is 0 Å². The van der Waals surface area contributed by atoms with Gasteiger partial charge in [-0.2, -0.15) is 0 Å². The lowest BCUT2D eigenvalue weighted by Crippen LogP contribution is -2.28. The van der Waals surface area contributed by atoms with Crippen LogP contribution in [0.2, 0.25) is 5.02 Å². The largest absolute Gasteiger partial charge is 0.371 e. The highest BCUT2D eigenvalue weighted by molar-refractivity contribution is 9.08. The molecular formula is C15H19BrClN. The average molecular weight is 329 g/mol. The fourth-order valence-corrected chi connectivity index (χ4v) is 3.11. The van der Waals surface area contributed by atoms with Crippen LogP contribution in [-0.4, -0.2) is 13.1 Å². The molecule has 3 heteroatoms. The van der Waals surface area contributed by atoms with E-state index in [1.807, 2.05) is 6.07 Å². The molecule has 0 unspecified atom stereocenters. The van der Waals surface area contributed by atoms with Crippen LogP contribution >= 0.6 is 27.5 Å². The summed E-state index contributed by atoms with van der Waals surface area (Å²) < 4.78 is 0. The number of alkyl halides is 1. The van der Waals surface area contributed by atoms with Gasteiger partial charge in [-0.05, 0) is 61.3 Å². The van der Waals surface area contributed by atoms with Crippen molar-refractivity contribution in [2.45, 2.75) is 31.0 Å². The Morgan fingerprint density at radius 2 is 1.72 bits per heavy atom. The Morgan fingerprint density at radius 1 is 1.11 bits per heavy atom. The van der Waals surface area contributed by atoms with E-state index >= 15 is 0 Å². The second-order valence-corrected chi connectivity index (χ2v) is 6.70. The molecule has 0 saturated heterocycles. The SMILES string of the molecule is Clc1ccc(N(CC2CC2)CC2CC2)c(CBr)c1. The smallest absolute Gasteiger partial charge is 0.0410 e. The van der Waals surface area contributed by atoms with Gasteiger partial charge in [-0.3, -0.25) is 0 Å². The third-order valence-electron chi connectivity index (χ3n) is 3.88. The van der Waals surface area contributed by atoms with Crippen molar-refractivity contribution in [3.05, 3.63) is 28.8 Å². The molecule has 3 rings (SSSR count). The molecule has 0 heterocycles. The first kappa shape index (κ1) is 12.8. The molecule has 0 bridgehead atoms. The molecule has 2 saturated carbocycles. The van der Waals surface area contributed by atoms with Crippen LogP contribution in [-0.2, 0) is 5.33 Å². The van der Waals surface area contributed by atoms with Crippen molar-refractivity contribution in [1.82, 2.24) is 0 Å². The normalized spacial score (nSPS) is 19.0. The molecule has 0 N–H and O–H groups in total. The molecule has 98 valence electrons. The van der Waals surface area contributed by atoms with Crippen LogP contribution < -0.4 is 4.90 Å². The van der Waals surface area contributed by atoms with Crippen LogP contribution in [0.4, 0.5) is 5.69 Å². The van der Waals surface area contributed by atoms with E-state index in [2.05, 4.69) is 33.0 Å². The van der Waals surface area contributed by atoms with Crippen molar-refractivity contribution in [3.8, 4) is 0 Å².